The number of hydrogen-bond donors (Lipinski definition) is 2. The first-order valence-electron chi connectivity index (χ1n) is 6.34. The second kappa shape index (κ2) is 6.66. The number of benzene rings is 1. The van der Waals surface area contributed by atoms with Gasteiger partial charge in [0.1, 0.15) is 12.6 Å². The highest BCUT2D eigenvalue weighted by Crippen LogP contribution is 2.40. The van der Waals surface area contributed by atoms with Gasteiger partial charge in [0, 0.05) is 35.7 Å². The smallest absolute Gasteiger partial charge is 0.289 e. The molecule has 20 heavy (non-hydrogen) atoms. The van der Waals surface area contributed by atoms with E-state index < -0.39 is 18.6 Å². The summed E-state index contributed by atoms with van der Waals surface area (Å²) >= 11 is 9.38. The van der Waals surface area contributed by atoms with Gasteiger partial charge < -0.3 is 10.4 Å². The highest BCUT2D eigenvalue weighted by atomic mass is 79.9. The summed E-state index contributed by atoms with van der Waals surface area (Å²) in [4.78, 5) is 1.67. The lowest BCUT2D eigenvalue weighted by Gasteiger charge is -2.39. The minimum Gasteiger partial charge on any atom is -0.390 e. The van der Waals surface area contributed by atoms with E-state index in [4.69, 9.17) is 16.7 Å². The lowest BCUT2D eigenvalue weighted by molar-refractivity contribution is -0.118. The van der Waals surface area contributed by atoms with Crippen molar-refractivity contribution < 1.29 is 13.9 Å². The number of nitrogens with one attached hydrogen (secondary N) is 1. The maximum absolute atomic E-state index is 14.2. The standard InChI is InChI=1S/C13H16BrClF2N2O/c14-9-1-2-11(15)10(7-9)12(13(16,17)8-20)19-5-3-18-4-6-19/h1-2,7,12,18,20H,3-6,8H2/t12-/m0/s1. The second-order valence-electron chi connectivity index (χ2n) is 4.77. The molecule has 0 unspecified atom stereocenters. The third kappa shape index (κ3) is 3.49. The molecule has 2 rings (SSSR count). The molecular weight excluding hydrogens is 354 g/mol. The Kier molecular flexibility index (Phi) is 5.36. The Morgan fingerprint density at radius 2 is 2.05 bits per heavy atom. The number of aliphatic hydroxyl groups excluding tert-OH is 1. The van der Waals surface area contributed by atoms with Gasteiger partial charge in [0.15, 0.2) is 0 Å². The van der Waals surface area contributed by atoms with Gasteiger partial charge in [0.2, 0.25) is 0 Å². The van der Waals surface area contributed by atoms with Crippen molar-refractivity contribution in [2.24, 2.45) is 0 Å². The minimum absolute atomic E-state index is 0.282. The molecule has 1 saturated heterocycles. The van der Waals surface area contributed by atoms with Gasteiger partial charge in [-0.2, -0.15) is 0 Å². The van der Waals surface area contributed by atoms with Crippen molar-refractivity contribution in [2.45, 2.75) is 12.0 Å². The highest BCUT2D eigenvalue weighted by Gasteiger charge is 2.44. The van der Waals surface area contributed by atoms with Gasteiger partial charge in [-0.05, 0) is 23.8 Å². The summed E-state index contributed by atoms with van der Waals surface area (Å²) in [6.45, 7) is 1.06. The van der Waals surface area contributed by atoms with Crippen LogP contribution in [0.5, 0.6) is 0 Å². The van der Waals surface area contributed by atoms with E-state index >= 15 is 0 Å². The van der Waals surface area contributed by atoms with Gasteiger partial charge in [0.05, 0.1) is 0 Å². The van der Waals surface area contributed by atoms with Crippen LogP contribution in [-0.2, 0) is 0 Å². The van der Waals surface area contributed by atoms with Crippen LogP contribution in [0.25, 0.3) is 0 Å². The number of nitrogens with zero attached hydrogens (tertiary/aromatic N) is 1. The second-order valence-corrected chi connectivity index (χ2v) is 6.10. The number of aliphatic hydroxyl groups is 1. The van der Waals surface area contributed by atoms with Crippen molar-refractivity contribution in [3.05, 3.63) is 33.3 Å². The van der Waals surface area contributed by atoms with E-state index in [1.165, 1.54) is 0 Å². The maximum Gasteiger partial charge on any atom is 0.289 e. The van der Waals surface area contributed by atoms with Crippen LogP contribution in [0.1, 0.15) is 11.6 Å². The summed E-state index contributed by atoms with van der Waals surface area (Å²) in [5.74, 6) is -3.25. The van der Waals surface area contributed by atoms with Crippen molar-refractivity contribution in [1.82, 2.24) is 10.2 Å². The van der Waals surface area contributed by atoms with Crippen LogP contribution < -0.4 is 5.32 Å². The van der Waals surface area contributed by atoms with Gasteiger partial charge >= 0.3 is 0 Å². The predicted molar refractivity (Wildman–Crippen MR) is 78.4 cm³/mol. The summed E-state index contributed by atoms with van der Waals surface area (Å²) in [5, 5.41) is 12.5. The zero-order valence-corrected chi connectivity index (χ0v) is 13.1. The Morgan fingerprint density at radius 1 is 1.40 bits per heavy atom. The van der Waals surface area contributed by atoms with Crippen LogP contribution in [0.2, 0.25) is 5.02 Å². The first kappa shape index (κ1) is 16.1. The van der Waals surface area contributed by atoms with Crippen molar-refractivity contribution in [1.29, 1.82) is 0 Å². The van der Waals surface area contributed by atoms with Crippen molar-refractivity contribution in [2.75, 3.05) is 32.8 Å². The molecule has 1 aliphatic rings. The molecule has 1 heterocycles. The molecule has 0 amide bonds. The van der Waals surface area contributed by atoms with Crippen molar-refractivity contribution in [3.63, 3.8) is 0 Å². The molecule has 0 aliphatic carbocycles. The van der Waals surface area contributed by atoms with Crippen LogP contribution in [0.4, 0.5) is 8.78 Å². The van der Waals surface area contributed by atoms with Gasteiger partial charge in [-0.3, -0.25) is 4.90 Å². The molecule has 3 nitrogen and oxygen atoms in total. The Bertz CT molecular complexity index is 470. The van der Waals surface area contributed by atoms with Gasteiger partial charge in [0.25, 0.3) is 5.92 Å². The largest absolute Gasteiger partial charge is 0.390 e. The fourth-order valence-corrected chi connectivity index (χ4v) is 3.04. The Labute approximate surface area is 130 Å². The first-order chi connectivity index (χ1) is 9.45. The Morgan fingerprint density at radius 3 is 2.65 bits per heavy atom. The number of piperazine rings is 1. The summed E-state index contributed by atoms with van der Waals surface area (Å²) in [6.07, 6.45) is 0. The fourth-order valence-electron chi connectivity index (χ4n) is 2.44. The average Bonchev–Trinajstić information content (AvgIpc) is 2.44. The molecule has 1 fully saturated rings. The van der Waals surface area contributed by atoms with E-state index in [1.807, 2.05) is 0 Å². The van der Waals surface area contributed by atoms with E-state index in [9.17, 15) is 8.78 Å². The molecule has 1 atom stereocenters. The van der Waals surface area contributed by atoms with Crippen molar-refractivity contribution >= 4 is 27.5 Å². The third-order valence-corrected chi connectivity index (χ3v) is 4.22. The summed E-state index contributed by atoms with van der Waals surface area (Å²) in [6, 6.07) is 3.67. The molecule has 0 aromatic heterocycles. The molecule has 1 aromatic rings. The van der Waals surface area contributed by atoms with E-state index in [-0.39, 0.29) is 5.02 Å². The van der Waals surface area contributed by atoms with Crippen LogP contribution in [0, 0.1) is 0 Å². The number of hydrogen-bond acceptors (Lipinski definition) is 3. The van der Waals surface area contributed by atoms with Crippen LogP contribution in [-0.4, -0.2) is 48.7 Å². The first-order valence-corrected chi connectivity index (χ1v) is 7.51. The van der Waals surface area contributed by atoms with Crippen LogP contribution in [0.3, 0.4) is 0 Å². The molecule has 0 spiro atoms. The number of alkyl halides is 2. The van der Waals surface area contributed by atoms with Crippen LogP contribution in [0.15, 0.2) is 22.7 Å². The molecule has 2 N–H and O–H groups in total. The minimum atomic E-state index is -3.25. The maximum atomic E-state index is 14.2. The average molecular weight is 370 g/mol. The fraction of sp³-hybridized carbons (Fsp3) is 0.538. The zero-order chi connectivity index (χ0) is 14.8. The molecular formula is C13H16BrClF2N2O. The topological polar surface area (TPSA) is 35.5 Å². The van der Waals surface area contributed by atoms with Gasteiger partial charge in [-0.15, -0.1) is 0 Å². The normalized spacial score (nSPS) is 19.1. The summed E-state index contributed by atoms with van der Waals surface area (Å²) < 4.78 is 29.1. The third-order valence-electron chi connectivity index (χ3n) is 3.38. The van der Waals surface area contributed by atoms with Gasteiger partial charge in [-0.25, -0.2) is 8.78 Å². The Balaban J connectivity index is 2.42. The quantitative estimate of drug-likeness (QED) is 0.856. The lowest BCUT2D eigenvalue weighted by Crippen LogP contribution is -2.51. The zero-order valence-electron chi connectivity index (χ0n) is 10.8. The molecule has 0 saturated carbocycles. The highest BCUT2D eigenvalue weighted by molar-refractivity contribution is 9.10. The molecule has 112 valence electrons. The number of halogens is 4. The molecule has 1 aromatic carbocycles. The Hall–Kier alpha value is -0.270. The molecule has 1 aliphatic heterocycles. The summed E-state index contributed by atoms with van der Waals surface area (Å²) in [5.41, 5.74) is 0.335. The SMILES string of the molecule is OCC(F)(F)[C@H](c1cc(Br)ccc1Cl)N1CCNCC1. The molecule has 0 radical (unpaired) electrons. The molecule has 7 heteroatoms. The lowest BCUT2D eigenvalue weighted by atomic mass is 9.98. The summed E-state index contributed by atoms with van der Waals surface area (Å²) in [7, 11) is 0. The van der Waals surface area contributed by atoms with Gasteiger partial charge in [-0.1, -0.05) is 27.5 Å². The predicted octanol–water partition coefficient (Wildman–Crippen LogP) is 2.68. The van der Waals surface area contributed by atoms with Crippen LogP contribution >= 0.6 is 27.5 Å². The monoisotopic (exact) mass is 368 g/mol. The van der Waals surface area contributed by atoms with E-state index in [0.717, 1.165) is 0 Å². The van der Waals surface area contributed by atoms with E-state index in [2.05, 4.69) is 21.2 Å². The molecule has 0 bridgehead atoms. The van der Waals surface area contributed by atoms with E-state index in [0.29, 0.717) is 36.2 Å². The number of rotatable bonds is 4. The van der Waals surface area contributed by atoms with Crippen molar-refractivity contribution in [3.8, 4) is 0 Å². The van der Waals surface area contributed by atoms with E-state index in [1.54, 1.807) is 23.1 Å².